The summed E-state index contributed by atoms with van der Waals surface area (Å²) in [5.74, 6) is 0.701. The molecule has 0 amide bonds. The molecule has 0 saturated heterocycles. The summed E-state index contributed by atoms with van der Waals surface area (Å²) in [6.07, 6.45) is 3.93. The molecule has 0 heterocycles. The van der Waals surface area contributed by atoms with Gasteiger partial charge in [0.05, 0.1) is 0 Å². The molecule has 1 fully saturated rings. The van der Waals surface area contributed by atoms with Crippen LogP contribution in [-0.4, -0.2) is 0 Å². The van der Waals surface area contributed by atoms with E-state index in [9.17, 15) is 0 Å². The zero-order valence-electron chi connectivity index (χ0n) is 11.0. The Hall–Kier alpha value is -1.31. The maximum Gasteiger partial charge on any atom is 0.0323 e. The Morgan fingerprint density at radius 2 is 1.42 bits per heavy atom. The summed E-state index contributed by atoms with van der Waals surface area (Å²) in [6.45, 7) is 0. The minimum atomic E-state index is 0. The maximum atomic E-state index is 6.29. The van der Waals surface area contributed by atoms with Crippen molar-refractivity contribution in [1.29, 1.82) is 0 Å². The lowest BCUT2D eigenvalue weighted by molar-refractivity contribution is 0.264. The zero-order chi connectivity index (χ0) is 12.4. The van der Waals surface area contributed by atoms with Crippen LogP contribution in [0.25, 0.3) is 11.1 Å². The summed E-state index contributed by atoms with van der Waals surface area (Å²) in [4.78, 5) is 0. The molecular formula is C17H20ClN. The first-order valence-electron chi connectivity index (χ1n) is 6.75. The van der Waals surface area contributed by atoms with E-state index in [0.717, 1.165) is 0 Å². The smallest absolute Gasteiger partial charge is 0.0323 e. The molecule has 1 saturated carbocycles. The Morgan fingerprint density at radius 1 is 0.842 bits per heavy atom. The van der Waals surface area contributed by atoms with Gasteiger partial charge in [0, 0.05) is 6.04 Å². The predicted octanol–water partition coefficient (Wildman–Crippen LogP) is 4.58. The third-order valence-electron chi connectivity index (χ3n) is 4.06. The second kappa shape index (κ2) is 6.23. The second-order valence-corrected chi connectivity index (χ2v) is 5.20. The fourth-order valence-corrected chi connectivity index (χ4v) is 2.60. The molecule has 0 bridgehead atoms. The first-order chi connectivity index (χ1) is 8.84. The highest BCUT2D eigenvalue weighted by Gasteiger charge is 2.25. The van der Waals surface area contributed by atoms with Crippen molar-refractivity contribution >= 4 is 12.4 Å². The van der Waals surface area contributed by atoms with Crippen molar-refractivity contribution in [2.45, 2.75) is 25.3 Å². The number of hydrogen-bond acceptors (Lipinski definition) is 1. The Bertz CT molecular complexity index is 503. The Kier molecular flexibility index (Phi) is 4.62. The maximum absolute atomic E-state index is 6.29. The normalized spacial score (nSPS) is 16.3. The SMILES string of the molecule is Cl.N[C@@H](c1ccc(-c2ccccc2)cc1)C1CCC1. The zero-order valence-corrected chi connectivity index (χ0v) is 11.8. The predicted molar refractivity (Wildman–Crippen MR) is 83.4 cm³/mol. The van der Waals surface area contributed by atoms with Crippen LogP contribution < -0.4 is 5.73 Å². The van der Waals surface area contributed by atoms with Gasteiger partial charge >= 0.3 is 0 Å². The lowest BCUT2D eigenvalue weighted by Gasteiger charge is -2.31. The van der Waals surface area contributed by atoms with E-state index >= 15 is 0 Å². The van der Waals surface area contributed by atoms with Crippen LogP contribution in [0.5, 0.6) is 0 Å². The van der Waals surface area contributed by atoms with Crippen LogP contribution in [0, 0.1) is 5.92 Å². The molecule has 3 rings (SSSR count). The van der Waals surface area contributed by atoms with E-state index in [-0.39, 0.29) is 18.4 Å². The molecule has 1 aliphatic carbocycles. The molecular weight excluding hydrogens is 254 g/mol. The third kappa shape index (κ3) is 2.99. The molecule has 100 valence electrons. The number of halogens is 1. The highest BCUT2D eigenvalue weighted by molar-refractivity contribution is 5.85. The largest absolute Gasteiger partial charge is 0.324 e. The monoisotopic (exact) mass is 273 g/mol. The summed E-state index contributed by atoms with van der Waals surface area (Å²) in [5.41, 5.74) is 10.1. The van der Waals surface area contributed by atoms with Crippen molar-refractivity contribution < 1.29 is 0 Å². The highest BCUT2D eigenvalue weighted by Crippen LogP contribution is 2.36. The van der Waals surface area contributed by atoms with Gasteiger partial charge in [0.1, 0.15) is 0 Å². The molecule has 0 radical (unpaired) electrons. The molecule has 2 heteroatoms. The summed E-state index contributed by atoms with van der Waals surface area (Å²) < 4.78 is 0. The first kappa shape index (κ1) is 14.1. The van der Waals surface area contributed by atoms with E-state index in [1.165, 1.54) is 36.0 Å². The number of rotatable bonds is 3. The Morgan fingerprint density at radius 3 is 1.95 bits per heavy atom. The van der Waals surface area contributed by atoms with Crippen molar-refractivity contribution in [3.05, 3.63) is 60.2 Å². The Balaban J connectivity index is 0.00000133. The highest BCUT2D eigenvalue weighted by atomic mass is 35.5. The quantitative estimate of drug-likeness (QED) is 0.871. The third-order valence-corrected chi connectivity index (χ3v) is 4.06. The fraction of sp³-hybridized carbons (Fsp3) is 0.294. The molecule has 0 aromatic heterocycles. The van der Waals surface area contributed by atoms with Crippen molar-refractivity contribution in [3.63, 3.8) is 0 Å². The molecule has 0 spiro atoms. The topological polar surface area (TPSA) is 26.0 Å². The second-order valence-electron chi connectivity index (χ2n) is 5.20. The van der Waals surface area contributed by atoms with Gasteiger partial charge in [0.2, 0.25) is 0 Å². The van der Waals surface area contributed by atoms with Gasteiger partial charge < -0.3 is 5.73 Å². The first-order valence-corrected chi connectivity index (χ1v) is 6.75. The van der Waals surface area contributed by atoms with Crippen LogP contribution in [0.15, 0.2) is 54.6 Å². The Labute approximate surface area is 121 Å². The lowest BCUT2D eigenvalue weighted by Crippen LogP contribution is -2.26. The van der Waals surface area contributed by atoms with Crippen molar-refractivity contribution in [3.8, 4) is 11.1 Å². The molecule has 19 heavy (non-hydrogen) atoms. The van der Waals surface area contributed by atoms with E-state index in [0.29, 0.717) is 5.92 Å². The van der Waals surface area contributed by atoms with Gasteiger partial charge in [-0.1, -0.05) is 61.0 Å². The van der Waals surface area contributed by atoms with Crippen LogP contribution in [0.1, 0.15) is 30.9 Å². The van der Waals surface area contributed by atoms with Gasteiger partial charge in [-0.25, -0.2) is 0 Å². The summed E-state index contributed by atoms with van der Waals surface area (Å²) >= 11 is 0. The number of benzene rings is 2. The van der Waals surface area contributed by atoms with Crippen LogP contribution in [0.3, 0.4) is 0 Å². The van der Waals surface area contributed by atoms with Gasteiger partial charge in [-0.15, -0.1) is 12.4 Å². The average Bonchev–Trinajstić information content (AvgIpc) is 2.38. The molecule has 2 N–H and O–H groups in total. The van der Waals surface area contributed by atoms with Crippen LogP contribution in [-0.2, 0) is 0 Å². The van der Waals surface area contributed by atoms with Crippen molar-refractivity contribution in [1.82, 2.24) is 0 Å². The van der Waals surface area contributed by atoms with Crippen LogP contribution >= 0.6 is 12.4 Å². The van der Waals surface area contributed by atoms with E-state index in [4.69, 9.17) is 5.73 Å². The van der Waals surface area contributed by atoms with Gasteiger partial charge in [0.15, 0.2) is 0 Å². The van der Waals surface area contributed by atoms with E-state index in [2.05, 4.69) is 48.5 Å². The summed E-state index contributed by atoms with van der Waals surface area (Å²) in [6, 6.07) is 19.4. The van der Waals surface area contributed by atoms with Crippen molar-refractivity contribution in [2.75, 3.05) is 0 Å². The van der Waals surface area contributed by atoms with Gasteiger partial charge in [0.25, 0.3) is 0 Å². The number of hydrogen-bond donors (Lipinski definition) is 1. The minimum Gasteiger partial charge on any atom is -0.324 e. The fourth-order valence-electron chi connectivity index (χ4n) is 2.60. The van der Waals surface area contributed by atoms with Crippen LogP contribution in [0.4, 0.5) is 0 Å². The van der Waals surface area contributed by atoms with E-state index in [1.807, 2.05) is 6.07 Å². The molecule has 1 nitrogen and oxygen atoms in total. The van der Waals surface area contributed by atoms with Gasteiger partial charge in [-0.3, -0.25) is 0 Å². The minimum absolute atomic E-state index is 0. The van der Waals surface area contributed by atoms with Gasteiger partial charge in [-0.2, -0.15) is 0 Å². The molecule has 0 unspecified atom stereocenters. The molecule has 1 aliphatic rings. The molecule has 2 aromatic rings. The van der Waals surface area contributed by atoms with E-state index < -0.39 is 0 Å². The van der Waals surface area contributed by atoms with Crippen LogP contribution in [0.2, 0.25) is 0 Å². The molecule has 1 atom stereocenters. The van der Waals surface area contributed by atoms with Gasteiger partial charge in [-0.05, 0) is 35.4 Å². The lowest BCUT2D eigenvalue weighted by atomic mass is 9.77. The number of nitrogens with two attached hydrogens (primary N) is 1. The average molecular weight is 274 g/mol. The molecule has 0 aliphatic heterocycles. The summed E-state index contributed by atoms with van der Waals surface area (Å²) in [5, 5.41) is 0. The van der Waals surface area contributed by atoms with Crippen molar-refractivity contribution in [2.24, 2.45) is 11.7 Å². The molecule has 2 aromatic carbocycles. The summed E-state index contributed by atoms with van der Waals surface area (Å²) in [7, 11) is 0. The standard InChI is InChI=1S/C17H19N.ClH/c18-17(15-7-4-8-15)16-11-9-14(10-12-16)13-5-2-1-3-6-13;/h1-3,5-6,9-12,15,17H,4,7-8,18H2;1H/t17-;/m1./s1. The van der Waals surface area contributed by atoms with E-state index in [1.54, 1.807) is 0 Å².